The SMILES string of the molecule is COC(=O)[C@]12CN=N[C@@]1(C(=O)OC)[C@@H]1[C@@H]3[C@@H]4C=C[C@@H]5[C@@H]4[C@@H]1[C@@H]2[C@@H]53. The quantitative estimate of drug-likeness (QED) is 0.564. The van der Waals surface area contributed by atoms with E-state index in [1.807, 2.05) is 0 Å². The Morgan fingerprint density at radius 3 is 2.26 bits per heavy atom. The molecule has 7 aliphatic rings. The van der Waals surface area contributed by atoms with Crippen molar-refractivity contribution in [3.05, 3.63) is 12.2 Å². The van der Waals surface area contributed by atoms with Crippen molar-refractivity contribution in [2.75, 3.05) is 20.8 Å². The summed E-state index contributed by atoms with van der Waals surface area (Å²) in [6, 6.07) is 0. The van der Waals surface area contributed by atoms with Gasteiger partial charge in [-0.15, -0.1) is 0 Å². The molecule has 0 unspecified atom stereocenters. The molecular weight excluding hydrogens is 296 g/mol. The number of carbonyl (C=O) groups is 2. The lowest BCUT2D eigenvalue weighted by Gasteiger charge is -2.48. The Hall–Kier alpha value is -1.72. The first kappa shape index (κ1) is 12.7. The molecule has 8 bridgehead atoms. The van der Waals surface area contributed by atoms with E-state index in [-0.39, 0.29) is 24.3 Å². The summed E-state index contributed by atoms with van der Waals surface area (Å²) in [7, 11) is 2.78. The van der Waals surface area contributed by atoms with Gasteiger partial charge in [-0.05, 0) is 41.4 Å². The maximum absolute atomic E-state index is 12.9. The summed E-state index contributed by atoms with van der Waals surface area (Å²) in [5, 5.41) is 8.64. The molecule has 0 radical (unpaired) electrons. The third-order valence-electron chi connectivity index (χ3n) is 8.21. The van der Waals surface area contributed by atoms with E-state index >= 15 is 0 Å². The average molecular weight is 314 g/mol. The van der Waals surface area contributed by atoms with Crippen LogP contribution in [0.5, 0.6) is 0 Å². The van der Waals surface area contributed by atoms with Crippen molar-refractivity contribution in [1.82, 2.24) is 0 Å². The standard InChI is InChI=1S/C17H18N2O4/c1-22-14(20)16-5-18-19-17(16,15(21)23-2)13-10-7-4-3-6-8(7)11(13)12(16)9(6)10/h3-4,6-13H,5H2,1-2H3/t6-,7-,8+,9+,10-,11-,12+,13-,16-,17-/m1/s1. The second-order valence-corrected chi connectivity index (χ2v) is 8.02. The lowest BCUT2D eigenvalue weighted by molar-refractivity contribution is -0.175. The lowest BCUT2D eigenvalue weighted by Crippen LogP contribution is -2.64. The highest BCUT2D eigenvalue weighted by Crippen LogP contribution is 2.87. The normalized spacial score (nSPS) is 60.8. The fraction of sp³-hybridized carbons (Fsp3) is 0.765. The first-order valence-corrected chi connectivity index (χ1v) is 8.39. The minimum Gasteiger partial charge on any atom is -0.468 e. The summed E-state index contributed by atoms with van der Waals surface area (Å²) in [6.45, 7) is 0.267. The summed E-state index contributed by atoms with van der Waals surface area (Å²) < 4.78 is 10.3. The number of hydrogen-bond acceptors (Lipinski definition) is 6. The van der Waals surface area contributed by atoms with Crippen LogP contribution < -0.4 is 0 Å². The number of fused-ring (bicyclic) bond motifs is 1. The molecular formula is C17H18N2O4. The van der Waals surface area contributed by atoms with Crippen LogP contribution in [-0.2, 0) is 19.1 Å². The van der Waals surface area contributed by atoms with Crippen molar-refractivity contribution >= 4 is 11.9 Å². The number of azo groups is 1. The van der Waals surface area contributed by atoms with Crippen LogP contribution in [0.2, 0.25) is 0 Å². The maximum atomic E-state index is 12.9. The molecule has 5 saturated carbocycles. The van der Waals surface area contributed by atoms with Crippen molar-refractivity contribution in [2.45, 2.75) is 5.54 Å². The molecule has 0 spiro atoms. The summed E-state index contributed by atoms with van der Waals surface area (Å²) >= 11 is 0. The second kappa shape index (κ2) is 3.37. The van der Waals surface area contributed by atoms with Crippen LogP contribution in [0.4, 0.5) is 0 Å². The van der Waals surface area contributed by atoms with Crippen molar-refractivity contribution in [3.8, 4) is 0 Å². The summed E-state index contributed by atoms with van der Waals surface area (Å²) in [4.78, 5) is 25.8. The summed E-state index contributed by atoms with van der Waals surface area (Å²) in [6.07, 6.45) is 4.68. The smallest absolute Gasteiger partial charge is 0.337 e. The highest BCUT2D eigenvalue weighted by atomic mass is 16.5. The molecule has 1 heterocycles. The number of rotatable bonds is 2. The predicted octanol–water partition coefficient (Wildman–Crippen LogP) is 1.08. The molecule has 0 saturated heterocycles. The first-order valence-electron chi connectivity index (χ1n) is 8.39. The molecule has 6 aliphatic carbocycles. The van der Waals surface area contributed by atoms with Crippen LogP contribution in [0.15, 0.2) is 22.4 Å². The zero-order valence-corrected chi connectivity index (χ0v) is 13.0. The molecule has 5 fully saturated rings. The molecule has 6 heteroatoms. The molecule has 0 N–H and O–H groups in total. The van der Waals surface area contributed by atoms with E-state index in [1.165, 1.54) is 14.2 Å². The van der Waals surface area contributed by atoms with Gasteiger partial charge in [-0.3, -0.25) is 4.79 Å². The van der Waals surface area contributed by atoms with Gasteiger partial charge < -0.3 is 9.47 Å². The van der Waals surface area contributed by atoms with Gasteiger partial charge in [0, 0.05) is 5.92 Å². The van der Waals surface area contributed by atoms with Crippen LogP contribution in [0.1, 0.15) is 0 Å². The molecule has 1 aliphatic heterocycles. The van der Waals surface area contributed by atoms with Gasteiger partial charge in [0.25, 0.3) is 0 Å². The van der Waals surface area contributed by atoms with Crippen molar-refractivity contribution < 1.29 is 19.1 Å². The summed E-state index contributed by atoms with van der Waals surface area (Å²) in [5.74, 6) is 2.59. The van der Waals surface area contributed by atoms with Crippen LogP contribution in [0.3, 0.4) is 0 Å². The van der Waals surface area contributed by atoms with E-state index in [0.29, 0.717) is 35.5 Å². The van der Waals surface area contributed by atoms with E-state index in [9.17, 15) is 9.59 Å². The Morgan fingerprint density at radius 1 is 0.957 bits per heavy atom. The second-order valence-electron chi connectivity index (χ2n) is 8.02. The molecule has 10 atom stereocenters. The highest BCUT2D eigenvalue weighted by molar-refractivity contribution is 5.95. The first-order chi connectivity index (χ1) is 11.1. The van der Waals surface area contributed by atoms with Gasteiger partial charge in [0.2, 0.25) is 0 Å². The summed E-state index contributed by atoms with van der Waals surface area (Å²) in [5.41, 5.74) is -2.08. The van der Waals surface area contributed by atoms with E-state index in [0.717, 1.165) is 0 Å². The Labute approximate surface area is 133 Å². The van der Waals surface area contributed by atoms with Gasteiger partial charge in [-0.25, -0.2) is 4.79 Å². The fourth-order valence-electron chi connectivity index (χ4n) is 8.20. The molecule has 120 valence electrons. The van der Waals surface area contributed by atoms with Crippen molar-refractivity contribution in [3.63, 3.8) is 0 Å². The van der Waals surface area contributed by atoms with Crippen LogP contribution in [0.25, 0.3) is 0 Å². The Kier molecular flexibility index (Phi) is 1.86. The Morgan fingerprint density at radius 2 is 1.61 bits per heavy atom. The average Bonchev–Trinajstić information content (AvgIpc) is 3.35. The number of esters is 2. The minimum atomic E-state index is -1.14. The van der Waals surface area contributed by atoms with Gasteiger partial charge in [0.1, 0.15) is 5.41 Å². The molecule has 6 nitrogen and oxygen atoms in total. The lowest BCUT2D eigenvalue weighted by atomic mass is 9.54. The van der Waals surface area contributed by atoms with Crippen LogP contribution >= 0.6 is 0 Å². The van der Waals surface area contributed by atoms with E-state index in [2.05, 4.69) is 22.4 Å². The zero-order chi connectivity index (χ0) is 15.7. The van der Waals surface area contributed by atoms with E-state index in [1.54, 1.807) is 0 Å². The molecule has 0 amide bonds. The third kappa shape index (κ3) is 0.870. The number of methoxy groups -OCH3 is 2. The number of ether oxygens (including phenoxy) is 2. The van der Waals surface area contributed by atoms with Crippen LogP contribution in [-0.4, -0.2) is 38.2 Å². The molecule has 0 aromatic rings. The number of carbonyl (C=O) groups excluding carboxylic acids is 2. The maximum Gasteiger partial charge on any atom is 0.337 e. The Bertz CT molecular complexity index is 732. The van der Waals surface area contributed by atoms with Gasteiger partial charge in [0.15, 0.2) is 5.54 Å². The highest BCUT2D eigenvalue weighted by Gasteiger charge is 2.93. The van der Waals surface area contributed by atoms with Gasteiger partial charge in [-0.2, -0.15) is 10.2 Å². The number of nitrogens with zero attached hydrogens (tertiary/aromatic N) is 2. The van der Waals surface area contributed by atoms with Crippen molar-refractivity contribution in [2.24, 2.45) is 63.0 Å². The van der Waals surface area contributed by atoms with Gasteiger partial charge in [0.05, 0.1) is 20.8 Å². The third-order valence-corrected chi connectivity index (χ3v) is 8.21. The monoisotopic (exact) mass is 314 g/mol. The number of hydrogen-bond donors (Lipinski definition) is 0. The van der Waals surface area contributed by atoms with E-state index in [4.69, 9.17) is 9.47 Å². The predicted molar refractivity (Wildman–Crippen MR) is 76.0 cm³/mol. The topological polar surface area (TPSA) is 77.3 Å². The molecule has 0 aromatic heterocycles. The van der Waals surface area contributed by atoms with E-state index < -0.39 is 16.9 Å². The van der Waals surface area contributed by atoms with Crippen molar-refractivity contribution in [1.29, 1.82) is 0 Å². The Balaban J connectivity index is 1.62. The van der Waals surface area contributed by atoms with Crippen LogP contribution in [0, 0.1) is 52.8 Å². The number of allylic oxidation sites excluding steroid dienone is 2. The zero-order valence-electron chi connectivity index (χ0n) is 13.0. The largest absolute Gasteiger partial charge is 0.468 e. The van der Waals surface area contributed by atoms with Gasteiger partial charge in [-0.1, -0.05) is 12.2 Å². The molecule has 0 aromatic carbocycles. The minimum absolute atomic E-state index is 0.0894. The molecule has 23 heavy (non-hydrogen) atoms. The fourth-order valence-corrected chi connectivity index (χ4v) is 8.20. The van der Waals surface area contributed by atoms with Gasteiger partial charge >= 0.3 is 11.9 Å². The molecule has 7 rings (SSSR count).